The Hall–Kier alpha value is -4.36. The lowest BCUT2D eigenvalue weighted by Gasteiger charge is -2.35. The molecule has 2 unspecified atom stereocenters. The third-order valence-corrected chi connectivity index (χ3v) is 16.3. The highest BCUT2D eigenvalue weighted by molar-refractivity contribution is 7.85. The van der Waals surface area contributed by atoms with E-state index >= 15 is 9.13 Å². The van der Waals surface area contributed by atoms with Gasteiger partial charge in [0.05, 0.1) is 21.2 Å². The monoisotopic (exact) mass is 624 g/mol. The summed E-state index contributed by atoms with van der Waals surface area (Å²) < 4.78 is 43.2. The first-order valence-electron chi connectivity index (χ1n) is 15.3. The highest BCUT2D eigenvalue weighted by Crippen LogP contribution is 2.63. The first-order valence-corrected chi connectivity index (χ1v) is 18.7. The molecule has 2 aliphatic carbocycles. The molecule has 2 aliphatic heterocycles. The summed E-state index contributed by atoms with van der Waals surface area (Å²) in [7, 11) is -6.40. The molecule has 0 radical (unpaired) electrons. The third kappa shape index (κ3) is 3.56. The molecule has 0 saturated heterocycles. The quantitative estimate of drug-likeness (QED) is 0.183. The fourth-order valence-electron chi connectivity index (χ4n) is 7.87. The van der Waals surface area contributed by atoms with Gasteiger partial charge < -0.3 is 18.6 Å². The van der Waals surface area contributed by atoms with Gasteiger partial charge in [-0.25, -0.2) is 0 Å². The number of hydrogen-bond acceptors (Lipinski definition) is 4. The SMILES string of the molecule is CC1(C)c2cc(P3(=O)c4ccccc4Oc4ccccc43)ccc2C2C=CC(P3(=O)c4ccccc4Oc4ccccc43)=CC21. The summed E-state index contributed by atoms with van der Waals surface area (Å²) in [5.74, 6) is 2.79. The predicted octanol–water partition coefficient (Wildman–Crippen LogP) is 8.00. The van der Waals surface area contributed by atoms with E-state index in [1.165, 1.54) is 11.1 Å². The second-order valence-corrected chi connectivity index (χ2v) is 18.2. The molecule has 0 N–H and O–H groups in total. The van der Waals surface area contributed by atoms with Gasteiger partial charge in [-0.15, -0.1) is 0 Å². The highest BCUT2D eigenvalue weighted by atomic mass is 31.2. The van der Waals surface area contributed by atoms with Crippen molar-refractivity contribution in [1.29, 1.82) is 0 Å². The number of para-hydroxylation sites is 4. The molecular formula is C39H30O4P2. The van der Waals surface area contributed by atoms with E-state index in [2.05, 4.69) is 50.3 Å². The lowest BCUT2D eigenvalue weighted by atomic mass is 9.74. The molecule has 0 fully saturated rings. The van der Waals surface area contributed by atoms with Crippen LogP contribution in [0.4, 0.5) is 0 Å². The van der Waals surface area contributed by atoms with Crippen molar-refractivity contribution in [3.05, 3.63) is 150 Å². The zero-order valence-electron chi connectivity index (χ0n) is 24.9. The molecule has 4 nitrogen and oxygen atoms in total. The lowest BCUT2D eigenvalue weighted by molar-refractivity contribution is 0.393. The highest BCUT2D eigenvalue weighted by Gasteiger charge is 2.49. The third-order valence-electron chi connectivity index (χ3n) is 10.1. The second-order valence-electron chi connectivity index (χ2n) is 12.8. The summed E-state index contributed by atoms with van der Waals surface area (Å²) in [4.78, 5) is 0. The normalized spacial score (nSPS) is 21.8. The molecule has 9 rings (SSSR count). The molecule has 0 spiro atoms. The van der Waals surface area contributed by atoms with E-state index in [0.717, 1.165) is 31.8 Å². The molecule has 4 aliphatic rings. The smallest absolute Gasteiger partial charge is 0.178 e. The zero-order valence-corrected chi connectivity index (χ0v) is 26.7. The minimum Gasteiger partial charge on any atom is -0.456 e. The number of rotatable bonds is 2. The molecule has 220 valence electrons. The van der Waals surface area contributed by atoms with Crippen LogP contribution in [0.2, 0.25) is 0 Å². The number of hydrogen-bond donors (Lipinski definition) is 0. The predicted molar refractivity (Wildman–Crippen MR) is 182 cm³/mol. The standard InChI is InChI=1S/C39H30O4P2/c1-39(2)29-23-25(44(40)35-15-7-3-11-31(35)42-32-12-4-8-16-36(32)44)19-21-27(29)28-22-20-26(24-30(28)39)45(41)37-17-9-5-13-33(37)43-34-14-6-10-18-38(34)45/h3-24,27,29H,1-2H3. The van der Waals surface area contributed by atoms with E-state index in [1.54, 1.807) is 0 Å². The molecule has 2 heterocycles. The summed E-state index contributed by atoms with van der Waals surface area (Å²) >= 11 is 0. The number of ether oxygens (including phenoxy) is 2. The minimum atomic E-state index is -3.21. The van der Waals surface area contributed by atoms with Gasteiger partial charge in [0.15, 0.2) is 14.3 Å². The summed E-state index contributed by atoms with van der Waals surface area (Å²) in [6, 6.07) is 37.2. The maximum absolute atomic E-state index is 15.4. The summed E-state index contributed by atoms with van der Waals surface area (Å²) in [6.07, 6.45) is 6.56. The van der Waals surface area contributed by atoms with Gasteiger partial charge in [-0.2, -0.15) is 0 Å². The van der Waals surface area contributed by atoms with E-state index < -0.39 is 14.3 Å². The first kappa shape index (κ1) is 27.0. The van der Waals surface area contributed by atoms with Crippen molar-refractivity contribution in [2.24, 2.45) is 5.92 Å². The van der Waals surface area contributed by atoms with Crippen LogP contribution in [0.25, 0.3) is 0 Å². The van der Waals surface area contributed by atoms with Gasteiger partial charge in [-0.3, -0.25) is 0 Å². The van der Waals surface area contributed by atoms with Gasteiger partial charge in [-0.1, -0.05) is 92.7 Å². The second kappa shape index (κ2) is 9.33. The summed E-state index contributed by atoms with van der Waals surface area (Å²) in [6.45, 7) is 4.52. The van der Waals surface area contributed by atoms with E-state index in [0.29, 0.717) is 23.0 Å². The van der Waals surface area contributed by atoms with Gasteiger partial charge >= 0.3 is 0 Å². The van der Waals surface area contributed by atoms with Gasteiger partial charge in [-0.05, 0) is 77.1 Å². The van der Waals surface area contributed by atoms with E-state index in [1.807, 2.05) is 97.1 Å². The van der Waals surface area contributed by atoms with Gasteiger partial charge in [0.2, 0.25) is 0 Å². The maximum atomic E-state index is 15.4. The van der Waals surface area contributed by atoms with Crippen LogP contribution in [-0.2, 0) is 14.5 Å². The fraction of sp³-hybridized carbons (Fsp3) is 0.128. The zero-order chi connectivity index (χ0) is 30.6. The van der Waals surface area contributed by atoms with Crippen molar-refractivity contribution in [2.75, 3.05) is 0 Å². The number of fused-ring (bicyclic) bond motifs is 7. The van der Waals surface area contributed by atoms with Crippen LogP contribution in [0.15, 0.2) is 139 Å². The van der Waals surface area contributed by atoms with Crippen LogP contribution in [0.5, 0.6) is 23.0 Å². The Morgan fingerprint density at radius 1 is 0.600 bits per heavy atom. The lowest BCUT2D eigenvalue weighted by Crippen LogP contribution is -2.31. The first-order chi connectivity index (χ1) is 21.8. The van der Waals surface area contributed by atoms with Gasteiger partial charge in [0, 0.05) is 16.5 Å². The Labute approximate surface area is 262 Å². The average Bonchev–Trinajstić information content (AvgIpc) is 3.30. The molecule has 0 bridgehead atoms. The van der Waals surface area contributed by atoms with Crippen molar-refractivity contribution in [3.63, 3.8) is 0 Å². The van der Waals surface area contributed by atoms with Gasteiger partial charge in [0.25, 0.3) is 0 Å². The average molecular weight is 625 g/mol. The molecule has 0 aromatic heterocycles. The van der Waals surface area contributed by atoms with E-state index in [-0.39, 0.29) is 17.3 Å². The van der Waals surface area contributed by atoms with Crippen molar-refractivity contribution >= 4 is 40.8 Å². The molecule has 45 heavy (non-hydrogen) atoms. The Bertz CT molecular complexity index is 2140. The summed E-state index contributed by atoms with van der Waals surface area (Å²) in [5.41, 5.74) is 2.11. The van der Waals surface area contributed by atoms with Crippen LogP contribution in [0.1, 0.15) is 30.9 Å². The van der Waals surface area contributed by atoms with E-state index in [9.17, 15) is 0 Å². The van der Waals surface area contributed by atoms with Crippen LogP contribution < -0.4 is 36.0 Å². The topological polar surface area (TPSA) is 52.6 Å². The van der Waals surface area contributed by atoms with Crippen LogP contribution in [0.3, 0.4) is 0 Å². The molecule has 0 amide bonds. The Balaban J connectivity index is 1.19. The van der Waals surface area contributed by atoms with Crippen LogP contribution in [0, 0.1) is 5.92 Å². The molecule has 6 heteroatoms. The summed E-state index contributed by atoms with van der Waals surface area (Å²) in [5, 5.41) is 4.59. The molecular weight excluding hydrogens is 594 g/mol. The fourth-order valence-corrected chi connectivity index (χ4v) is 13.7. The van der Waals surface area contributed by atoms with Crippen LogP contribution >= 0.6 is 14.3 Å². The van der Waals surface area contributed by atoms with Crippen molar-refractivity contribution in [1.82, 2.24) is 0 Å². The number of allylic oxidation sites excluding steroid dienone is 4. The molecule has 5 aromatic rings. The molecule has 0 saturated carbocycles. The Kier molecular flexibility index (Phi) is 5.60. The largest absolute Gasteiger partial charge is 0.456 e. The minimum absolute atomic E-state index is 0.0749. The Morgan fingerprint density at radius 3 is 1.58 bits per heavy atom. The van der Waals surface area contributed by atoms with Crippen molar-refractivity contribution in [2.45, 2.75) is 25.2 Å². The maximum Gasteiger partial charge on any atom is 0.178 e. The van der Waals surface area contributed by atoms with E-state index in [4.69, 9.17) is 9.47 Å². The molecule has 5 aromatic carbocycles. The van der Waals surface area contributed by atoms with Gasteiger partial charge in [0.1, 0.15) is 23.0 Å². The Morgan fingerprint density at radius 2 is 1.07 bits per heavy atom. The molecule has 2 atom stereocenters. The van der Waals surface area contributed by atoms with Crippen LogP contribution in [-0.4, -0.2) is 0 Å². The van der Waals surface area contributed by atoms with Crippen molar-refractivity contribution in [3.8, 4) is 23.0 Å². The number of benzene rings is 5. The van der Waals surface area contributed by atoms with Crippen molar-refractivity contribution < 1.29 is 18.6 Å².